The SMILES string of the molecule is O=C(C(F)(F)C(F)(F)F)C(F)(F)C(F)(F)C(F)(F)C(F)(F)F. The van der Waals surface area contributed by atoms with Crippen LogP contribution < -0.4 is 0 Å². The van der Waals surface area contributed by atoms with Crippen LogP contribution in [0.4, 0.5) is 61.5 Å². The monoisotopic (exact) mass is 366 g/mol. The number of alkyl halides is 14. The molecule has 0 bridgehead atoms. The van der Waals surface area contributed by atoms with Crippen molar-refractivity contribution in [3.63, 3.8) is 0 Å². The lowest BCUT2D eigenvalue weighted by molar-refractivity contribution is -0.392. The van der Waals surface area contributed by atoms with Gasteiger partial charge in [0, 0.05) is 0 Å². The Morgan fingerprint density at radius 1 is 0.455 bits per heavy atom. The van der Waals surface area contributed by atoms with Gasteiger partial charge in [-0.05, 0) is 0 Å². The summed E-state index contributed by atoms with van der Waals surface area (Å²) in [6.45, 7) is 0. The van der Waals surface area contributed by atoms with Crippen molar-refractivity contribution in [2.75, 3.05) is 0 Å². The molecule has 0 atom stereocenters. The summed E-state index contributed by atoms with van der Waals surface area (Å²) in [4.78, 5) is 10.2. The first-order valence-corrected chi connectivity index (χ1v) is 4.35. The zero-order valence-electron chi connectivity index (χ0n) is 9.20. The number of carbonyl (C=O) groups excluding carboxylic acids is 1. The van der Waals surface area contributed by atoms with Crippen molar-refractivity contribution >= 4 is 5.78 Å². The lowest BCUT2D eigenvalue weighted by Crippen LogP contribution is -2.67. The highest BCUT2D eigenvalue weighted by atomic mass is 19.4. The first kappa shape index (κ1) is 20.7. The average molecular weight is 366 g/mol. The van der Waals surface area contributed by atoms with E-state index in [-0.39, 0.29) is 0 Å². The fraction of sp³-hybridized carbons (Fsp3) is 0.857. The second kappa shape index (κ2) is 4.84. The van der Waals surface area contributed by atoms with Gasteiger partial charge in [-0.1, -0.05) is 0 Å². The van der Waals surface area contributed by atoms with E-state index in [1.807, 2.05) is 0 Å². The summed E-state index contributed by atoms with van der Waals surface area (Å²) in [5, 5.41) is 0. The number of ketones is 1. The molecule has 1 nitrogen and oxygen atoms in total. The predicted molar refractivity (Wildman–Crippen MR) is 36.9 cm³/mol. The molecule has 0 aromatic heterocycles. The highest BCUT2D eigenvalue weighted by Gasteiger charge is 2.87. The molecule has 0 aromatic carbocycles. The molecule has 22 heavy (non-hydrogen) atoms. The Morgan fingerprint density at radius 3 is 1.00 bits per heavy atom. The standard InChI is InChI=1S/C7F14O/c8-2(9,1(22)3(10,11)6(16,17)18)4(12,13)5(14,15)7(19,20)21. The lowest BCUT2D eigenvalue weighted by Gasteiger charge is -2.34. The molecule has 0 saturated carbocycles. The van der Waals surface area contributed by atoms with Crippen LogP contribution in [0.3, 0.4) is 0 Å². The highest BCUT2D eigenvalue weighted by Crippen LogP contribution is 2.55. The first-order chi connectivity index (χ1) is 9.15. The van der Waals surface area contributed by atoms with Crippen molar-refractivity contribution < 1.29 is 66.3 Å². The van der Waals surface area contributed by atoms with Crippen molar-refractivity contribution in [3.05, 3.63) is 0 Å². The minimum Gasteiger partial charge on any atom is -0.285 e. The maximum Gasteiger partial charge on any atom is 0.461 e. The van der Waals surface area contributed by atoms with Gasteiger partial charge in [-0.25, -0.2) is 0 Å². The van der Waals surface area contributed by atoms with Crippen LogP contribution in [0.5, 0.6) is 0 Å². The number of hydrogen-bond acceptors (Lipinski definition) is 1. The summed E-state index contributed by atoms with van der Waals surface area (Å²) in [5.74, 6) is -35.8. The Balaban J connectivity index is 6.10. The van der Waals surface area contributed by atoms with Crippen molar-refractivity contribution in [2.24, 2.45) is 0 Å². The van der Waals surface area contributed by atoms with Gasteiger partial charge in [0.25, 0.3) is 5.78 Å². The van der Waals surface area contributed by atoms with Crippen LogP contribution in [0, 0.1) is 0 Å². The van der Waals surface area contributed by atoms with Gasteiger partial charge in [-0.15, -0.1) is 0 Å². The summed E-state index contributed by atoms with van der Waals surface area (Å²) in [6.07, 6.45) is -14.7. The second-order valence-corrected chi connectivity index (χ2v) is 3.62. The van der Waals surface area contributed by atoms with Crippen molar-refractivity contribution in [2.45, 2.75) is 36.0 Å². The molecule has 0 rings (SSSR count). The van der Waals surface area contributed by atoms with Gasteiger partial charge in [0.15, 0.2) is 0 Å². The minimum absolute atomic E-state index is 5.15. The Hall–Kier alpha value is -1.31. The van der Waals surface area contributed by atoms with Gasteiger partial charge in [0.05, 0.1) is 0 Å². The van der Waals surface area contributed by atoms with E-state index < -0.39 is 41.8 Å². The summed E-state index contributed by atoms with van der Waals surface area (Å²) in [7, 11) is 0. The number of Topliss-reactive ketones (excluding diaryl/α,β-unsaturated/α-hetero) is 1. The summed E-state index contributed by atoms with van der Waals surface area (Å²) >= 11 is 0. The highest BCUT2D eigenvalue weighted by molar-refractivity contribution is 5.93. The molecule has 0 amide bonds. The maximum absolute atomic E-state index is 12.6. The van der Waals surface area contributed by atoms with E-state index in [0.717, 1.165) is 0 Å². The van der Waals surface area contributed by atoms with Gasteiger partial charge in [0.2, 0.25) is 0 Å². The third kappa shape index (κ3) is 2.68. The summed E-state index contributed by atoms with van der Waals surface area (Å²) in [6, 6.07) is 0. The van der Waals surface area contributed by atoms with Gasteiger partial charge < -0.3 is 0 Å². The molecule has 0 spiro atoms. The Morgan fingerprint density at radius 2 is 0.773 bits per heavy atom. The zero-order valence-corrected chi connectivity index (χ0v) is 9.20. The quantitative estimate of drug-likeness (QED) is 0.681. The van der Waals surface area contributed by atoms with E-state index in [1.165, 1.54) is 0 Å². The normalized spacial score (nSPS) is 15.9. The van der Waals surface area contributed by atoms with Crippen LogP contribution in [-0.2, 0) is 4.79 Å². The molecule has 0 aromatic rings. The number of hydrogen-bond donors (Lipinski definition) is 0. The van der Waals surface area contributed by atoms with E-state index in [1.54, 1.807) is 0 Å². The topological polar surface area (TPSA) is 17.1 Å². The third-order valence-corrected chi connectivity index (χ3v) is 2.07. The van der Waals surface area contributed by atoms with Crippen molar-refractivity contribution in [1.82, 2.24) is 0 Å². The molecular formula is C7F14O. The average Bonchev–Trinajstić information content (AvgIpc) is 2.24. The maximum atomic E-state index is 12.6. The van der Waals surface area contributed by atoms with Crippen LogP contribution >= 0.6 is 0 Å². The van der Waals surface area contributed by atoms with E-state index in [4.69, 9.17) is 0 Å². The van der Waals surface area contributed by atoms with Crippen molar-refractivity contribution in [3.8, 4) is 0 Å². The Bertz CT molecular complexity index is 439. The van der Waals surface area contributed by atoms with Crippen LogP contribution in [-0.4, -0.2) is 41.8 Å². The Labute approximate surface area is 109 Å². The largest absolute Gasteiger partial charge is 0.461 e. The molecule has 132 valence electrons. The lowest BCUT2D eigenvalue weighted by atomic mass is 9.96. The summed E-state index contributed by atoms with van der Waals surface area (Å²) in [5.41, 5.74) is 0. The fourth-order valence-electron chi connectivity index (χ4n) is 0.844. The van der Waals surface area contributed by atoms with Gasteiger partial charge in [0.1, 0.15) is 0 Å². The molecule has 15 heteroatoms. The smallest absolute Gasteiger partial charge is 0.285 e. The van der Waals surface area contributed by atoms with Crippen LogP contribution in [0.15, 0.2) is 0 Å². The third-order valence-electron chi connectivity index (χ3n) is 2.07. The molecule has 0 fully saturated rings. The molecular weight excluding hydrogens is 366 g/mol. The second-order valence-electron chi connectivity index (χ2n) is 3.62. The van der Waals surface area contributed by atoms with Crippen LogP contribution in [0.1, 0.15) is 0 Å². The van der Waals surface area contributed by atoms with Gasteiger partial charge >= 0.3 is 36.0 Å². The summed E-state index contributed by atoms with van der Waals surface area (Å²) < 4.78 is 168. The fourth-order valence-corrected chi connectivity index (χ4v) is 0.844. The van der Waals surface area contributed by atoms with Crippen LogP contribution in [0.2, 0.25) is 0 Å². The first-order valence-electron chi connectivity index (χ1n) is 4.35. The molecule has 0 aliphatic carbocycles. The van der Waals surface area contributed by atoms with E-state index in [2.05, 4.69) is 0 Å². The van der Waals surface area contributed by atoms with Gasteiger partial charge in [-0.2, -0.15) is 61.5 Å². The molecule has 0 heterocycles. The number of halogens is 14. The van der Waals surface area contributed by atoms with E-state index in [0.29, 0.717) is 0 Å². The van der Waals surface area contributed by atoms with E-state index >= 15 is 0 Å². The number of carbonyl (C=O) groups is 1. The number of rotatable bonds is 4. The van der Waals surface area contributed by atoms with E-state index in [9.17, 15) is 66.3 Å². The molecule has 0 aliphatic heterocycles. The Kier molecular flexibility index (Phi) is 4.55. The molecule has 0 aliphatic rings. The van der Waals surface area contributed by atoms with Crippen molar-refractivity contribution in [1.29, 1.82) is 0 Å². The molecule has 0 unspecified atom stereocenters. The predicted octanol–water partition coefficient (Wildman–Crippen LogP) is 4.22. The zero-order chi connectivity index (χ0) is 18.6. The molecule has 0 N–H and O–H groups in total. The molecule has 0 saturated heterocycles. The minimum atomic E-state index is -7.90. The molecule has 0 radical (unpaired) electrons. The van der Waals surface area contributed by atoms with Gasteiger partial charge in [-0.3, -0.25) is 4.79 Å². The van der Waals surface area contributed by atoms with Crippen LogP contribution in [0.25, 0.3) is 0 Å².